The number of hydrogen-bond donors (Lipinski definition) is 0. The average Bonchev–Trinajstić information content (AvgIpc) is 2.83. The first-order valence-electron chi connectivity index (χ1n) is 6.10. The maximum Gasteiger partial charge on any atom is 0.118 e. The van der Waals surface area contributed by atoms with E-state index in [0.717, 1.165) is 5.75 Å². The van der Waals surface area contributed by atoms with Crippen molar-refractivity contribution in [3.63, 3.8) is 0 Å². The summed E-state index contributed by atoms with van der Waals surface area (Å²) in [4.78, 5) is 0. The smallest absolute Gasteiger partial charge is 0.118 e. The Morgan fingerprint density at radius 3 is 2.53 bits per heavy atom. The first-order chi connectivity index (χ1) is 8.38. The van der Waals surface area contributed by atoms with E-state index in [0.29, 0.717) is 5.92 Å². The van der Waals surface area contributed by atoms with Crippen LogP contribution in [0.15, 0.2) is 48.5 Å². The lowest BCUT2D eigenvalue weighted by Crippen LogP contribution is -1.95. The molecule has 17 heavy (non-hydrogen) atoms. The number of methoxy groups -OCH3 is 1. The zero-order chi connectivity index (χ0) is 11.7. The van der Waals surface area contributed by atoms with Gasteiger partial charge < -0.3 is 4.74 Å². The molecule has 0 unspecified atom stereocenters. The monoisotopic (exact) mass is 224 g/mol. The SMILES string of the molecule is COc1ccc([C@@H]2CCc3ccccc32)cc1. The highest BCUT2D eigenvalue weighted by Crippen LogP contribution is 2.38. The maximum absolute atomic E-state index is 5.20. The Morgan fingerprint density at radius 1 is 1.00 bits per heavy atom. The molecule has 0 radical (unpaired) electrons. The minimum Gasteiger partial charge on any atom is -0.497 e. The molecular weight excluding hydrogens is 208 g/mol. The maximum atomic E-state index is 5.20. The third-order valence-electron chi connectivity index (χ3n) is 3.65. The third-order valence-corrected chi connectivity index (χ3v) is 3.65. The van der Waals surface area contributed by atoms with E-state index in [2.05, 4.69) is 48.5 Å². The van der Waals surface area contributed by atoms with Crippen molar-refractivity contribution in [2.24, 2.45) is 0 Å². The predicted molar refractivity (Wildman–Crippen MR) is 69.6 cm³/mol. The number of benzene rings is 2. The molecule has 1 aliphatic rings. The number of fused-ring (bicyclic) bond motifs is 1. The highest BCUT2D eigenvalue weighted by Gasteiger charge is 2.23. The predicted octanol–water partition coefficient (Wildman–Crippen LogP) is 3.77. The molecule has 0 aliphatic heterocycles. The molecule has 0 amide bonds. The minimum absolute atomic E-state index is 0.567. The Hall–Kier alpha value is -1.76. The fraction of sp³-hybridized carbons (Fsp3) is 0.250. The number of hydrogen-bond acceptors (Lipinski definition) is 1. The van der Waals surface area contributed by atoms with Gasteiger partial charge in [-0.05, 0) is 41.7 Å². The van der Waals surface area contributed by atoms with Crippen molar-refractivity contribution in [3.8, 4) is 5.75 Å². The zero-order valence-electron chi connectivity index (χ0n) is 10.0. The standard InChI is InChI=1S/C16H16O/c1-17-14-9-6-13(7-10-14)16-11-8-12-4-2-3-5-15(12)16/h2-7,9-10,16H,8,11H2,1H3/t16-/m0/s1. The fourth-order valence-electron chi connectivity index (χ4n) is 2.74. The van der Waals surface area contributed by atoms with E-state index >= 15 is 0 Å². The molecule has 1 atom stereocenters. The van der Waals surface area contributed by atoms with Gasteiger partial charge in [0, 0.05) is 5.92 Å². The summed E-state index contributed by atoms with van der Waals surface area (Å²) in [6.07, 6.45) is 2.43. The lowest BCUT2D eigenvalue weighted by molar-refractivity contribution is 0.414. The normalized spacial score (nSPS) is 17.8. The summed E-state index contributed by atoms with van der Waals surface area (Å²) in [5, 5.41) is 0. The van der Waals surface area contributed by atoms with Crippen molar-refractivity contribution in [2.45, 2.75) is 18.8 Å². The molecule has 1 aliphatic carbocycles. The largest absolute Gasteiger partial charge is 0.497 e. The first kappa shape index (κ1) is 10.4. The molecule has 0 fully saturated rings. The number of ether oxygens (including phenoxy) is 1. The zero-order valence-corrected chi connectivity index (χ0v) is 10.0. The van der Waals surface area contributed by atoms with Gasteiger partial charge >= 0.3 is 0 Å². The molecule has 0 saturated carbocycles. The van der Waals surface area contributed by atoms with Crippen LogP contribution < -0.4 is 4.74 Å². The van der Waals surface area contributed by atoms with Crippen LogP contribution in [0.2, 0.25) is 0 Å². The Bertz CT molecular complexity index is 513. The van der Waals surface area contributed by atoms with E-state index in [9.17, 15) is 0 Å². The van der Waals surface area contributed by atoms with Crippen molar-refractivity contribution >= 4 is 0 Å². The van der Waals surface area contributed by atoms with Gasteiger partial charge in [0.05, 0.1) is 7.11 Å². The van der Waals surface area contributed by atoms with Crippen LogP contribution in [0.4, 0.5) is 0 Å². The Balaban J connectivity index is 1.95. The molecular formula is C16H16O. The molecule has 0 spiro atoms. The molecule has 2 aromatic carbocycles. The van der Waals surface area contributed by atoms with Crippen LogP contribution in [0.1, 0.15) is 29.0 Å². The van der Waals surface area contributed by atoms with Crippen molar-refractivity contribution < 1.29 is 4.74 Å². The van der Waals surface area contributed by atoms with E-state index in [1.165, 1.54) is 29.5 Å². The molecule has 0 aromatic heterocycles. The highest BCUT2D eigenvalue weighted by molar-refractivity contribution is 5.43. The molecule has 86 valence electrons. The van der Waals surface area contributed by atoms with Crippen molar-refractivity contribution in [3.05, 3.63) is 65.2 Å². The molecule has 0 saturated heterocycles. The average molecular weight is 224 g/mol. The van der Waals surface area contributed by atoms with Crippen molar-refractivity contribution in [2.75, 3.05) is 7.11 Å². The first-order valence-corrected chi connectivity index (χ1v) is 6.10. The highest BCUT2D eigenvalue weighted by atomic mass is 16.5. The summed E-state index contributed by atoms with van der Waals surface area (Å²) in [5.41, 5.74) is 4.40. The topological polar surface area (TPSA) is 9.23 Å². The van der Waals surface area contributed by atoms with Crippen molar-refractivity contribution in [1.82, 2.24) is 0 Å². The summed E-state index contributed by atoms with van der Waals surface area (Å²) in [7, 11) is 1.71. The van der Waals surface area contributed by atoms with Gasteiger partial charge in [0.2, 0.25) is 0 Å². The van der Waals surface area contributed by atoms with Crippen LogP contribution in [-0.4, -0.2) is 7.11 Å². The van der Waals surface area contributed by atoms with Gasteiger partial charge in [-0.2, -0.15) is 0 Å². The summed E-state index contributed by atoms with van der Waals surface area (Å²) in [6, 6.07) is 17.3. The molecule has 1 heteroatoms. The van der Waals surface area contributed by atoms with E-state index in [1.807, 2.05) is 0 Å². The van der Waals surface area contributed by atoms with Gasteiger partial charge in [-0.3, -0.25) is 0 Å². The molecule has 0 bridgehead atoms. The lowest BCUT2D eigenvalue weighted by atomic mass is 9.93. The van der Waals surface area contributed by atoms with Crippen LogP contribution in [0, 0.1) is 0 Å². The summed E-state index contributed by atoms with van der Waals surface area (Å²) in [6.45, 7) is 0. The number of aryl methyl sites for hydroxylation is 1. The van der Waals surface area contributed by atoms with Gasteiger partial charge in [-0.25, -0.2) is 0 Å². The van der Waals surface area contributed by atoms with E-state index in [-0.39, 0.29) is 0 Å². The Labute approximate surface area is 102 Å². The third kappa shape index (κ3) is 1.82. The van der Waals surface area contributed by atoms with Crippen LogP contribution in [0.25, 0.3) is 0 Å². The lowest BCUT2D eigenvalue weighted by Gasteiger charge is -2.12. The molecule has 1 nitrogen and oxygen atoms in total. The van der Waals surface area contributed by atoms with Gasteiger partial charge in [-0.15, -0.1) is 0 Å². The summed E-state index contributed by atoms with van der Waals surface area (Å²) < 4.78 is 5.20. The van der Waals surface area contributed by atoms with Crippen LogP contribution in [0.5, 0.6) is 5.75 Å². The molecule has 3 rings (SSSR count). The van der Waals surface area contributed by atoms with Gasteiger partial charge in [-0.1, -0.05) is 36.4 Å². The minimum atomic E-state index is 0.567. The Kier molecular flexibility index (Phi) is 2.60. The summed E-state index contributed by atoms with van der Waals surface area (Å²) in [5.74, 6) is 1.50. The van der Waals surface area contributed by atoms with Crippen molar-refractivity contribution in [1.29, 1.82) is 0 Å². The van der Waals surface area contributed by atoms with E-state index in [4.69, 9.17) is 4.74 Å². The molecule has 0 heterocycles. The quantitative estimate of drug-likeness (QED) is 0.754. The second-order valence-electron chi connectivity index (χ2n) is 4.56. The summed E-state index contributed by atoms with van der Waals surface area (Å²) >= 11 is 0. The molecule has 2 aromatic rings. The Morgan fingerprint density at radius 2 is 1.76 bits per heavy atom. The van der Waals surface area contributed by atoms with E-state index < -0.39 is 0 Å². The van der Waals surface area contributed by atoms with E-state index in [1.54, 1.807) is 7.11 Å². The van der Waals surface area contributed by atoms with Crippen LogP contribution in [0.3, 0.4) is 0 Å². The second kappa shape index (κ2) is 4.25. The van der Waals surface area contributed by atoms with Gasteiger partial charge in [0.25, 0.3) is 0 Å². The van der Waals surface area contributed by atoms with Gasteiger partial charge in [0.1, 0.15) is 5.75 Å². The van der Waals surface area contributed by atoms with Gasteiger partial charge in [0.15, 0.2) is 0 Å². The molecule has 0 N–H and O–H groups in total. The number of rotatable bonds is 2. The van der Waals surface area contributed by atoms with Crippen LogP contribution in [-0.2, 0) is 6.42 Å². The van der Waals surface area contributed by atoms with Crippen LogP contribution >= 0.6 is 0 Å². The fourth-order valence-corrected chi connectivity index (χ4v) is 2.74. The second-order valence-corrected chi connectivity index (χ2v) is 4.56.